The molecule has 39 heavy (non-hydrogen) atoms. The molecular formula is C27H31ClN10O. The number of rotatable bonds is 6. The fourth-order valence-corrected chi connectivity index (χ4v) is 5.91. The number of nitrogens with one attached hydrogen (secondary N) is 2. The molecule has 11 nitrogen and oxygen atoms in total. The molecule has 0 spiro atoms. The van der Waals surface area contributed by atoms with Gasteiger partial charge in [-0.25, -0.2) is 4.98 Å². The fraction of sp³-hybridized carbons (Fsp3) is 0.519. The van der Waals surface area contributed by atoms with Crippen molar-refractivity contribution in [1.82, 2.24) is 24.5 Å². The SMILES string of the molecule is CC1CN(C2CCN(c3cc(C#N)cc(Nc4nc(NC5CC5)c5ncc(C#N)n5n4)c3Cl)CC2)CC(C)O1. The smallest absolute Gasteiger partial charge is 0.247 e. The minimum atomic E-state index is 0.246. The summed E-state index contributed by atoms with van der Waals surface area (Å²) in [6.45, 7) is 7.88. The molecule has 2 aliphatic heterocycles. The summed E-state index contributed by atoms with van der Waals surface area (Å²) in [4.78, 5) is 13.8. The number of aromatic nitrogens is 4. The summed E-state index contributed by atoms with van der Waals surface area (Å²) >= 11 is 6.95. The van der Waals surface area contributed by atoms with Crippen molar-refractivity contribution in [3.8, 4) is 12.1 Å². The van der Waals surface area contributed by atoms with Crippen LogP contribution in [0.2, 0.25) is 5.02 Å². The maximum atomic E-state index is 9.79. The van der Waals surface area contributed by atoms with Gasteiger partial charge in [-0.05, 0) is 51.7 Å². The number of piperidine rings is 1. The van der Waals surface area contributed by atoms with Crippen LogP contribution in [0.4, 0.5) is 23.1 Å². The van der Waals surface area contributed by atoms with Crippen LogP contribution in [0.15, 0.2) is 18.3 Å². The Bertz CT molecular complexity index is 1450. The Morgan fingerprint density at radius 3 is 2.46 bits per heavy atom. The van der Waals surface area contributed by atoms with Crippen molar-refractivity contribution in [2.45, 2.75) is 63.8 Å². The molecule has 2 aromatic heterocycles. The molecule has 4 heterocycles. The molecule has 202 valence electrons. The Hall–Kier alpha value is -3.64. The Morgan fingerprint density at radius 2 is 1.79 bits per heavy atom. The number of anilines is 4. The van der Waals surface area contributed by atoms with E-state index in [1.807, 2.05) is 6.07 Å². The van der Waals surface area contributed by atoms with Gasteiger partial charge in [-0.2, -0.15) is 20.0 Å². The first-order chi connectivity index (χ1) is 18.9. The van der Waals surface area contributed by atoms with Crippen molar-refractivity contribution in [3.63, 3.8) is 0 Å². The van der Waals surface area contributed by atoms with Gasteiger partial charge in [-0.1, -0.05) is 11.6 Å². The summed E-state index contributed by atoms with van der Waals surface area (Å²) < 4.78 is 7.39. The third kappa shape index (κ3) is 5.30. The van der Waals surface area contributed by atoms with Gasteiger partial charge in [0.05, 0.1) is 46.4 Å². The molecule has 1 saturated carbocycles. The molecule has 6 rings (SSSR count). The lowest BCUT2D eigenvalue weighted by molar-refractivity contribution is -0.0826. The van der Waals surface area contributed by atoms with E-state index in [9.17, 15) is 10.5 Å². The van der Waals surface area contributed by atoms with E-state index in [0.717, 1.165) is 57.5 Å². The Labute approximate surface area is 232 Å². The molecule has 3 aliphatic rings. The second-order valence-electron chi connectivity index (χ2n) is 10.7. The first-order valence-corrected chi connectivity index (χ1v) is 13.9. The van der Waals surface area contributed by atoms with Crippen LogP contribution in [0.1, 0.15) is 50.8 Å². The van der Waals surface area contributed by atoms with Crippen LogP contribution >= 0.6 is 11.6 Å². The number of hydrogen-bond donors (Lipinski definition) is 2. The Kier molecular flexibility index (Phi) is 6.90. The molecule has 3 fully saturated rings. The molecule has 3 aromatic rings. The number of nitrogens with zero attached hydrogens (tertiary/aromatic N) is 8. The Balaban J connectivity index is 1.25. The van der Waals surface area contributed by atoms with Crippen LogP contribution in [-0.4, -0.2) is 75.0 Å². The lowest BCUT2D eigenvalue weighted by Crippen LogP contribution is -2.53. The molecule has 2 N–H and O–H groups in total. The lowest BCUT2D eigenvalue weighted by atomic mass is 10.00. The van der Waals surface area contributed by atoms with E-state index in [4.69, 9.17) is 16.3 Å². The van der Waals surface area contributed by atoms with Gasteiger partial charge < -0.3 is 20.3 Å². The lowest BCUT2D eigenvalue weighted by Gasteiger charge is -2.44. The Morgan fingerprint density at radius 1 is 1.05 bits per heavy atom. The molecule has 0 amide bonds. The zero-order valence-corrected chi connectivity index (χ0v) is 22.8. The second kappa shape index (κ2) is 10.5. The highest BCUT2D eigenvalue weighted by atomic mass is 35.5. The largest absolute Gasteiger partial charge is 0.373 e. The number of halogens is 1. The third-order valence-electron chi connectivity index (χ3n) is 7.59. The normalized spacial score (nSPS) is 22.4. The quantitative estimate of drug-likeness (QED) is 0.469. The van der Waals surface area contributed by atoms with Crippen LogP contribution in [-0.2, 0) is 4.74 Å². The first-order valence-electron chi connectivity index (χ1n) is 13.5. The molecule has 2 unspecified atom stereocenters. The minimum absolute atomic E-state index is 0.246. The van der Waals surface area contributed by atoms with Crippen LogP contribution < -0.4 is 15.5 Å². The van der Waals surface area contributed by atoms with Gasteiger partial charge in [0, 0.05) is 38.3 Å². The van der Waals surface area contributed by atoms with Crippen molar-refractivity contribution in [2.75, 3.05) is 41.7 Å². The van der Waals surface area contributed by atoms with Gasteiger partial charge in [-0.15, -0.1) is 5.10 Å². The highest BCUT2D eigenvalue weighted by Crippen LogP contribution is 2.38. The third-order valence-corrected chi connectivity index (χ3v) is 7.99. The average molecular weight is 547 g/mol. The minimum Gasteiger partial charge on any atom is -0.373 e. The molecular weight excluding hydrogens is 516 g/mol. The topological polar surface area (TPSA) is 130 Å². The van der Waals surface area contributed by atoms with Gasteiger partial charge in [0.2, 0.25) is 5.95 Å². The van der Waals surface area contributed by atoms with E-state index < -0.39 is 0 Å². The van der Waals surface area contributed by atoms with Crippen LogP contribution in [0.5, 0.6) is 0 Å². The van der Waals surface area contributed by atoms with Gasteiger partial charge in [0.15, 0.2) is 17.2 Å². The van der Waals surface area contributed by atoms with E-state index in [2.05, 4.69) is 61.5 Å². The predicted octanol–water partition coefficient (Wildman–Crippen LogP) is 3.92. The number of ether oxygens (including phenoxy) is 1. The van der Waals surface area contributed by atoms with E-state index >= 15 is 0 Å². The molecule has 12 heteroatoms. The first kappa shape index (κ1) is 25.6. The summed E-state index contributed by atoms with van der Waals surface area (Å²) in [5.41, 5.74) is 2.65. The highest BCUT2D eigenvalue weighted by molar-refractivity contribution is 6.36. The number of imidazole rings is 1. The predicted molar refractivity (Wildman–Crippen MR) is 148 cm³/mol. The van der Waals surface area contributed by atoms with Crippen molar-refractivity contribution in [2.24, 2.45) is 0 Å². The van der Waals surface area contributed by atoms with Crippen molar-refractivity contribution < 1.29 is 4.74 Å². The second-order valence-corrected chi connectivity index (χ2v) is 11.1. The molecule has 0 bridgehead atoms. The summed E-state index contributed by atoms with van der Waals surface area (Å²) in [6.07, 6.45) is 6.13. The van der Waals surface area contributed by atoms with Gasteiger partial charge in [0.25, 0.3) is 0 Å². The summed E-state index contributed by atoms with van der Waals surface area (Å²) in [7, 11) is 0. The zero-order valence-electron chi connectivity index (χ0n) is 22.1. The number of morpholine rings is 1. The fourth-order valence-electron chi connectivity index (χ4n) is 5.63. The molecule has 1 aromatic carbocycles. The van der Waals surface area contributed by atoms with Crippen molar-refractivity contribution in [3.05, 3.63) is 34.6 Å². The molecule has 2 atom stereocenters. The number of fused-ring (bicyclic) bond motifs is 1. The number of hydrogen-bond acceptors (Lipinski definition) is 10. The van der Waals surface area contributed by atoms with Crippen LogP contribution in [0.25, 0.3) is 5.65 Å². The average Bonchev–Trinajstić information content (AvgIpc) is 3.65. The maximum absolute atomic E-state index is 9.79. The maximum Gasteiger partial charge on any atom is 0.247 e. The number of benzene rings is 1. The summed E-state index contributed by atoms with van der Waals surface area (Å²) in [5, 5.41) is 30.9. The van der Waals surface area contributed by atoms with Crippen molar-refractivity contribution in [1.29, 1.82) is 10.5 Å². The summed E-state index contributed by atoms with van der Waals surface area (Å²) in [5.74, 6) is 0.815. The van der Waals surface area contributed by atoms with Crippen LogP contribution in [0.3, 0.4) is 0 Å². The summed E-state index contributed by atoms with van der Waals surface area (Å²) in [6, 6.07) is 8.77. The van der Waals surface area contributed by atoms with E-state index in [0.29, 0.717) is 45.5 Å². The number of nitriles is 2. The van der Waals surface area contributed by atoms with E-state index in [1.165, 1.54) is 10.7 Å². The van der Waals surface area contributed by atoms with Crippen LogP contribution in [0, 0.1) is 22.7 Å². The van der Waals surface area contributed by atoms with E-state index in [1.54, 1.807) is 6.07 Å². The van der Waals surface area contributed by atoms with Gasteiger partial charge >= 0.3 is 0 Å². The van der Waals surface area contributed by atoms with Crippen molar-refractivity contribution >= 4 is 40.4 Å². The standard InChI is InChI=1S/C27H31ClN10O/c1-16-14-37(15-17(2)39-16)20-5-7-36(8-6-20)23-10-18(11-29)9-22(24(23)28)33-27-34-25(32-19-3-4-19)26-31-13-21(12-30)38(26)35-27/h9-10,13,16-17,19-20H,3-8,14-15H2,1-2H3,(H2,32,33,34,35). The highest BCUT2D eigenvalue weighted by Gasteiger charge is 2.31. The molecule has 1 aliphatic carbocycles. The molecule has 0 radical (unpaired) electrons. The van der Waals surface area contributed by atoms with Gasteiger partial charge in [0.1, 0.15) is 6.07 Å². The monoisotopic (exact) mass is 546 g/mol. The van der Waals surface area contributed by atoms with E-state index in [-0.39, 0.29) is 18.2 Å². The van der Waals surface area contributed by atoms with Gasteiger partial charge in [-0.3, -0.25) is 4.90 Å². The molecule has 2 saturated heterocycles. The zero-order chi connectivity index (χ0) is 27.1.